The van der Waals surface area contributed by atoms with E-state index in [1.807, 2.05) is 0 Å². The van der Waals surface area contributed by atoms with Crippen molar-refractivity contribution in [2.45, 2.75) is 25.7 Å². The van der Waals surface area contributed by atoms with Crippen LogP contribution in [0, 0.1) is 10.1 Å². The van der Waals surface area contributed by atoms with Crippen LogP contribution in [0.3, 0.4) is 0 Å². The zero-order chi connectivity index (χ0) is 16.4. The molecule has 0 fully saturated rings. The second kappa shape index (κ2) is 9.28. The maximum Gasteiger partial charge on any atom is 0.303 e. The first-order valence-electron chi connectivity index (χ1n) is 6.92. The van der Waals surface area contributed by atoms with Crippen LogP contribution in [0.4, 0.5) is 5.69 Å². The summed E-state index contributed by atoms with van der Waals surface area (Å²) in [7, 11) is 0. The first-order valence-corrected chi connectivity index (χ1v) is 6.92. The standard InChI is InChI=1S/C15H18N2O5/c18-14(16-11-5-1-2-8-15(19)20)10-9-12-6-3-4-7-13(12)17(21)22/h3-4,6-7,9-10H,1-2,5,8,11H2,(H,16,18)(H,19,20)/b10-9+. The van der Waals surface area contributed by atoms with E-state index in [1.54, 1.807) is 18.2 Å². The van der Waals surface area contributed by atoms with Gasteiger partial charge in [0.05, 0.1) is 10.5 Å². The lowest BCUT2D eigenvalue weighted by Crippen LogP contribution is -2.22. The van der Waals surface area contributed by atoms with E-state index in [4.69, 9.17) is 5.11 Å². The lowest BCUT2D eigenvalue weighted by molar-refractivity contribution is -0.385. The number of aliphatic carboxylic acids is 1. The van der Waals surface area contributed by atoms with Gasteiger partial charge in [0.15, 0.2) is 0 Å². The van der Waals surface area contributed by atoms with Crippen LogP contribution >= 0.6 is 0 Å². The van der Waals surface area contributed by atoms with Gasteiger partial charge in [0.1, 0.15) is 0 Å². The van der Waals surface area contributed by atoms with Crippen molar-refractivity contribution in [3.8, 4) is 0 Å². The molecule has 1 rings (SSSR count). The smallest absolute Gasteiger partial charge is 0.303 e. The van der Waals surface area contributed by atoms with Crippen molar-refractivity contribution in [1.82, 2.24) is 5.32 Å². The molecule has 0 aliphatic carbocycles. The molecule has 0 aliphatic heterocycles. The molecule has 0 saturated heterocycles. The zero-order valence-corrected chi connectivity index (χ0v) is 12.0. The number of nitrogens with zero attached hydrogens (tertiary/aromatic N) is 1. The lowest BCUT2D eigenvalue weighted by atomic mass is 10.1. The summed E-state index contributed by atoms with van der Waals surface area (Å²) in [6.07, 6.45) is 4.78. The van der Waals surface area contributed by atoms with Crippen molar-refractivity contribution in [1.29, 1.82) is 0 Å². The third-order valence-corrected chi connectivity index (χ3v) is 2.91. The van der Waals surface area contributed by atoms with E-state index in [9.17, 15) is 19.7 Å². The second-order valence-electron chi connectivity index (χ2n) is 4.64. The highest BCUT2D eigenvalue weighted by atomic mass is 16.6. The van der Waals surface area contributed by atoms with Crippen LogP contribution in [0.2, 0.25) is 0 Å². The van der Waals surface area contributed by atoms with Crippen LogP contribution in [0.15, 0.2) is 30.3 Å². The number of amides is 1. The molecule has 0 radical (unpaired) electrons. The number of nitrogens with one attached hydrogen (secondary N) is 1. The van der Waals surface area contributed by atoms with Gasteiger partial charge in [-0.05, 0) is 25.0 Å². The van der Waals surface area contributed by atoms with Gasteiger partial charge in [0, 0.05) is 25.1 Å². The van der Waals surface area contributed by atoms with Crippen molar-refractivity contribution in [2.75, 3.05) is 6.54 Å². The fourth-order valence-corrected chi connectivity index (χ4v) is 1.81. The summed E-state index contributed by atoms with van der Waals surface area (Å²) in [6, 6.07) is 6.16. The summed E-state index contributed by atoms with van der Waals surface area (Å²) >= 11 is 0. The fourth-order valence-electron chi connectivity index (χ4n) is 1.81. The van der Waals surface area contributed by atoms with E-state index < -0.39 is 10.9 Å². The van der Waals surface area contributed by atoms with E-state index in [0.717, 1.165) is 6.42 Å². The molecular formula is C15H18N2O5. The molecule has 1 amide bonds. The van der Waals surface area contributed by atoms with E-state index in [-0.39, 0.29) is 18.0 Å². The lowest BCUT2D eigenvalue weighted by Gasteiger charge is -2.01. The van der Waals surface area contributed by atoms with Crippen LogP contribution in [-0.4, -0.2) is 28.5 Å². The van der Waals surface area contributed by atoms with Crippen molar-refractivity contribution >= 4 is 23.6 Å². The molecule has 0 heterocycles. The van der Waals surface area contributed by atoms with Crippen molar-refractivity contribution in [2.24, 2.45) is 0 Å². The Labute approximate surface area is 127 Å². The number of hydrogen-bond acceptors (Lipinski definition) is 4. The Morgan fingerprint density at radius 2 is 1.95 bits per heavy atom. The van der Waals surface area contributed by atoms with Gasteiger partial charge < -0.3 is 10.4 Å². The van der Waals surface area contributed by atoms with Crippen LogP contribution in [0.25, 0.3) is 6.08 Å². The number of rotatable bonds is 9. The summed E-state index contributed by atoms with van der Waals surface area (Å²) < 4.78 is 0. The molecule has 1 aromatic rings. The highest BCUT2D eigenvalue weighted by Crippen LogP contribution is 2.18. The average molecular weight is 306 g/mol. The van der Waals surface area contributed by atoms with Gasteiger partial charge in [-0.3, -0.25) is 19.7 Å². The molecule has 22 heavy (non-hydrogen) atoms. The number of carbonyl (C=O) groups is 2. The Bertz CT molecular complexity index is 569. The Hall–Kier alpha value is -2.70. The molecule has 0 saturated carbocycles. The van der Waals surface area contributed by atoms with Gasteiger partial charge in [0.2, 0.25) is 5.91 Å². The molecule has 7 nitrogen and oxygen atoms in total. The Balaban J connectivity index is 2.36. The number of unbranched alkanes of at least 4 members (excludes halogenated alkanes) is 2. The summed E-state index contributed by atoms with van der Waals surface area (Å²) in [4.78, 5) is 32.2. The van der Waals surface area contributed by atoms with Gasteiger partial charge in [0.25, 0.3) is 5.69 Å². The Kier molecular flexibility index (Phi) is 7.32. The highest BCUT2D eigenvalue weighted by Gasteiger charge is 2.09. The third-order valence-electron chi connectivity index (χ3n) is 2.91. The number of nitro groups is 1. The number of hydrogen-bond donors (Lipinski definition) is 2. The minimum Gasteiger partial charge on any atom is -0.481 e. The van der Waals surface area contributed by atoms with Gasteiger partial charge in [-0.2, -0.15) is 0 Å². The quantitative estimate of drug-likeness (QED) is 0.315. The Morgan fingerprint density at radius 3 is 2.64 bits per heavy atom. The SMILES string of the molecule is O=C(O)CCCCCNC(=O)/C=C/c1ccccc1[N+](=O)[O-]. The topological polar surface area (TPSA) is 110 Å². The van der Waals surface area contributed by atoms with Gasteiger partial charge in [-0.25, -0.2) is 0 Å². The van der Waals surface area contributed by atoms with Crippen LogP contribution in [0.1, 0.15) is 31.2 Å². The predicted octanol–water partition coefficient (Wildman–Crippen LogP) is 2.37. The monoisotopic (exact) mass is 306 g/mol. The van der Waals surface area contributed by atoms with Gasteiger partial charge in [-0.15, -0.1) is 0 Å². The molecule has 0 aromatic heterocycles. The average Bonchev–Trinajstić information content (AvgIpc) is 2.48. The molecule has 0 spiro atoms. The predicted molar refractivity (Wildman–Crippen MR) is 81.2 cm³/mol. The molecule has 118 valence electrons. The minimum atomic E-state index is -0.823. The molecule has 0 unspecified atom stereocenters. The summed E-state index contributed by atoms with van der Waals surface area (Å²) in [6.45, 7) is 0.444. The van der Waals surface area contributed by atoms with Gasteiger partial charge in [-0.1, -0.05) is 18.6 Å². The Morgan fingerprint density at radius 1 is 1.23 bits per heavy atom. The molecule has 0 bridgehead atoms. The number of para-hydroxylation sites is 1. The zero-order valence-electron chi connectivity index (χ0n) is 12.0. The number of carboxylic acid groups (broad SMARTS) is 1. The molecule has 2 N–H and O–H groups in total. The van der Waals surface area contributed by atoms with E-state index in [1.165, 1.54) is 18.2 Å². The molecule has 0 aliphatic rings. The minimum absolute atomic E-state index is 0.0554. The highest BCUT2D eigenvalue weighted by molar-refractivity contribution is 5.92. The fraction of sp³-hybridized carbons (Fsp3) is 0.333. The first kappa shape index (κ1) is 17.4. The van der Waals surface area contributed by atoms with Crippen LogP contribution in [0.5, 0.6) is 0 Å². The van der Waals surface area contributed by atoms with Crippen molar-refractivity contribution in [3.63, 3.8) is 0 Å². The maximum atomic E-state index is 11.6. The number of nitro benzene ring substituents is 1. The molecule has 1 aromatic carbocycles. The molecule has 7 heteroatoms. The maximum absolute atomic E-state index is 11.6. The van der Waals surface area contributed by atoms with Gasteiger partial charge >= 0.3 is 5.97 Å². The number of carbonyl (C=O) groups excluding carboxylic acids is 1. The van der Waals surface area contributed by atoms with Crippen LogP contribution in [-0.2, 0) is 9.59 Å². The third kappa shape index (κ3) is 6.65. The largest absolute Gasteiger partial charge is 0.481 e. The second-order valence-corrected chi connectivity index (χ2v) is 4.64. The van der Waals surface area contributed by atoms with E-state index in [2.05, 4.69) is 5.32 Å². The summed E-state index contributed by atoms with van der Waals surface area (Å²) in [5, 5.41) is 21.9. The summed E-state index contributed by atoms with van der Waals surface area (Å²) in [5.41, 5.74) is 0.310. The molecular weight excluding hydrogens is 288 g/mol. The van der Waals surface area contributed by atoms with Crippen molar-refractivity contribution < 1.29 is 19.6 Å². The van der Waals surface area contributed by atoms with E-state index in [0.29, 0.717) is 24.9 Å². The van der Waals surface area contributed by atoms with Crippen LogP contribution < -0.4 is 5.32 Å². The number of carboxylic acids is 1. The van der Waals surface area contributed by atoms with Crippen molar-refractivity contribution in [3.05, 3.63) is 46.0 Å². The van der Waals surface area contributed by atoms with E-state index >= 15 is 0 Å². The first-order chi connectivity index (χ1) is 10.5. The summed E-state index contributed by atoms with van der Waals surface area (Å²) in [5.74, 6) is -1.16. The normalized spacial score (nSPS) is 10.5. The number of benzene rings is 1. The molecule has 0 atom stereocenters.